The van der Waals surface area contributed by atoms with Gasteiger partial charge in [0.1, 0.15) is 0 Å². The summed E-state index contributed by atoms with van der Waals surface area (Å²) in [5.74, 6) is 0. The molecule has 34 valence electrons. The van der Waals surface area contributed by atoms with Crippen LogP contribution in [0.3, 0.4) is 0 Å². The Morgan fingerprint density at radius 1 is 0.714 bits per heavy atom. The number of hydrogen-bond acceptors (Lipinski definition) is 1. The van der Waals surface area contributed by atoms with Crippen LogP contribution in [0.5, 0.6) is 0 Å². The Balaban J connectivity index is -0.000000000500. The zero-order chi connectivity index (χ0) is 2.00. The maximum atomic E-state index is 8.34. The predicted octanol–water partition coefficient (Wildman–Crippen LogP) is -1.24. The van der Waals surface area contributed by atoms with Crippen molar-refractivity contribution in [1.82, 2.24) is 0 Å². The fourth-order valence-electron chi connectivity index (χ4n) is 0. The van der Waals surface area contributed by atoms with Crippen molar-refractivity contribution in [3.05, 3.63) is 0 Å². The normalized spacial score (nSPS) is 0.429. The Hall–Kier alpha value is 1.63. The van der Waals surface area contributed by atoms with Crippen LogP contribution >= 0.6 is 0 Å². The molecular weight excluding hydrogens is 209 g/mol. The van der Waals surface area contributed by atoms with E-state index >= 15 is 0 Å². The number of hydrogen-bond donors (Lipinski definition) is 0. The minimum atomic E-state index is 0. The van der Waals surface area contributed by atoms with Gasteiger partial charge >= 0.3 is 62.3 Å². The standard InChI is InChI=1S/2Al.4O.Zr/q2*+3;;3*-2;. The van der Waals surface area contributed by atoms with Gasteiger partial charge in [-0.25, -0.2) is 0 Å². The van der Waals surface area contributed by atoms with Crippen molar-refractivity contribution in [2.75, 3.05) is 0 Å². The third-order valence-corrected chi connectivity index (χ3v) is 0. The van der Waals surface area contributed by atoms with Crippen LogP contribution < -0.4 is 0 Å². The van der Waals surface area contributed by atoms with Crippen LogP contribution in [0.4, 0.5) is 0 Å². The molecule has 0 unspecified atom stereocenters. The van der Waals surface area contributed by atoms with Crippen molar-refractivity contribution in [2.45, 2.75) is 0 Å². The molecule has 0 rings (SSSR count). The van der Waals surface area contributed by atoms with E-state index < -0.39 is 0 Å². The third kappa shape index (κ3) is 91.2. The van der Waals surface area contributed by atoms with Gasteiger partial charge in [0, 0.05) is 0 Å². The molecule has 0 heterocycles. The van der Waals surface area contributed by atoms with Crippen molar-refractivity contribution in [2.24, 2.45) is 0 Å². The Kier molecular flexibility index (Phi) is 1310. The Morgan fingerprint density at radius 2 is 0.714 bits per heavy atom. The molecule has 0 aromatic rings. The van der Waals surface area contributed by atoms with Gasteiger partial charge in [-0.3, -0.25) is 0 Å². The van der Waals surface area contributed by atoms with E-state index in [1.807, 2.05) is 0 Å². The number of rotatable bonds is 0. The first-order valence-electron chi connectivity index (χ1n) is 0.204. The fourth-order valence-corrected chi connectivity index (χ4v) is 0. The molecule has 0 aliphatic carbocycles. The van der Waals surface area contributed by atoms with E-state index in [4.69, 9.17) is 2.81 Å². The van der Waals surface area contributed by atoms with E-state index in [0.29, 0.717) is 24.7 Å². The summed E-state index contributed by atoms with van der Waals surface area (Å²) in [6.45, 7) is 0. The van der Waals surface area contributed by atoms with E-state index in [9.17, 15) is 0 Å². The van der Waals surface area contributed by atoms with Gasteiger partial charge in [-0.1, -0.05) is 0 Å². The molecule has 0 fully saturated rings. The van der Waals surface area contributed by atoms with Crippen molar-refractivity contribution >= 4 is 34.7 Å². The maximum absolute atomic E-state index is 8.34. The van der Waals surface area contributed by atoms with Gasteiger partial charge in [-0.05, 0) is 0 Å². The first-order valence-corrected chi connectivity index (χ1v) is 1.21. The molecule has 0 amide bonds. The molecule has 0 N–H and O–H groups in total. The topological polar surface area (TPSA) is 103 Å². The van der Waals surface area contributed by atoms with Crippen LogP contribution in [-0.4, -0.2) is 34.7 Å². The van der Waals surface area contributed by atoms with Gasteiger partial charge < -0.3 is 16.4 Å². The van der Waals surface area contributed by atoms with Crippen LogP contribution in [0.2, 0.25) is 0 Å². The summed E-state index contributed by atoms with van der Waals surface area (Å²) >= 11 is 0.300. The van der Waals surface area contributed by atoms with E-state index in [2.05, 4.69) is 0 Å². The summed E-state index contributed by atoms with van der Waals surface area (Å²) < 4.78 is 8.34. The van der Waals surface area contributed by atoms with Crippen molar-refractivity contribution in [3.63, 3.8) is 0 Å². The van der Waals surface area contributed by atoms with Crippen LogP contribution in [0.1, 0.15) is 0 Å². The Morgan fingerprint density at radius 3 is 0.714 bits per heavy atom. The Bertz CT molecular complexity index is 9.65. The summed E-state index contributed by atoms with van der Waals surface area (Å²) in [7, 11) is 0. The quantitative estimate of drug-likeness (QED) is 0.457. The first-order chi connectivity index (χ1) is 1.00. The molecule has 0 spiro atoms. The van der Waals surface area contributed by atoms with Gasteiger partial charge in [0.05, 0.1) is 0 Å². The molecule has 0 aromatic heterocycles. The summed E-state index contributed by atoms with van der Waals surface area (Å²) in [6.07, 6.45) is 0. The van der Waals surface area contributed by atoms with Crippen LogP contribution in [0.25, 0.3) is 0 Å². The Labute approximate surface area is 78.1 Å². The molecule has 0 bridgehead atoms. The molecule has 0 aromatic carbocycles. The SMILES string of the molecule is [Al+3].[Al+3].[O-2].[O-2].[O-2].[O]=[Zr]. The van der Waals surface area contributed by atoms with Crippen LogP contribution in [0.15, 0.2) is 0 Å². The van der Waals surface area contributed by atoms with Crippen molar-refractivity contribution in [1.29, 1.82) is 0 Å². The van der Waals surface area contributed by atoms with E-state index in [-0.39, 0.29) is 51.2 Å². The molecule has 0 aliphatic rings. The molecule has 0 aliphatic heterocycles. The minimum absolute atomic E-state index is 0. The summed E-state index contributed by atoms with van der Waals surface area (Å²) in [5, 5.41) is 0. The first kappa shape index (κ1) is 72.7. The zero-order valence-electron chi connectivity index (χ0n) is 3.29. The van der Waals surface area contributed by atoms with Gasteiger partial charge in [0.15, 0.2) is 0 Å². The summed E-state index contributed by atoms with van der Waals surface area (Å²) in [4.78, 5) is 0. The zero-order valence-corrected chi connectivity index (χ0v) is 8.06. The third-order valence-electron chi connectivity index (χ3n) is 0. The average molecular weight is 209 g/mol. The van der Waals surface area contributed by atoms with E-state index in [1.54, 1.807) is 0 Å². The molecule has 0 saturated carbocycles. The average Bonchev–Trinajstić information content (AvgIpc) is 1.00. The molecule has 0 atom stereocenters. The van der Waals surface area contributed by atoms with Gasteiger partial charge in [-0.15, -0.1) is 0 Å². The second-order valence-electron chi connectivity index (χ2n) is 0. The second-order valence-corrected chi connectivity index (χ2v) is 0. The van der Waals surface area contributed by atoms with Crippen LogP contribution in [-0.2, 0) is 44.0 Å². The second kappa shape index (κ2) is 126. The van der Waals surface area contributed by atoms with Crippen molar-refractivity contribution in [3.8, 4) is 0 Å². The molecule has 0 radical (unpaired) electrons. The summed E-state index contributed by atoms with van der Waals surface area (Å²) in [6, 6.07) is 0. The molecule has 4 nitrogen and oxygen atoms in total. The van der Waals surface area contributed by atoms with Gasteiger partial charge in [0.25, 0.3) is 0 Å². The predicted molar refractivity (Wildman–Crippen MR) is 14.3 cm³/mol. The molecule has 0 saturated heterocycles. The molecular formula is Al2O4Zr. The van der Waals surface area contributed by atoms with E-state index in [1.165, 1.54) is 0 Å². The van der Waals surface area contributed by atoms with Gasteiger partial charge in [-0.2, -0.15) is 0 Å². The van der Waals surface area contributed by atoms with Crippen molar-refractivity contribution < 1.29 is 44.0 Å². The van der Waals surface area contributed by atoms with Gasteiger partial charge in [0.2, 0.25) is 0 Å². The summed E-state index contributed by atoms with van der Waals surface area (Å²) in [5.41, 5.74) is 0. The monoisotopic (exact) mass is 208 g/mol. The fraction of sp³-hybridized carbons (Fsp3) is 0. The van der Waals surface area contributed by atoms with E-state index in [0.717, 1.165) is 0 Å². The molecule has 7 heavy (non-hydrogen) atoms. The van der Waals surface area contributed by atoms with Crippen LogP contribution in [0, 0.1) is 0 Å². The molecule has 7 heteroatoms.